The van der Waals surface area contributed by atoms with Gasteiger partial charge in [-0.1, -0.05) is 18.2 Å². The number of imidazole rings is 1. The fraction of sp³-hybridized carbons (Fsp3) is 0.154. The average molecular weight is 292 g/mol. The molecule has 5 nitrogen and oxygen atoms in total. The molecule has 3 aromatic rings. The Bertz CT molecular complexity index is 757. The predicted molar refractivity (Wildman–Crippen MR) is 75.2 cm³/mol. The van der Waals surface area contributed by atoms with E-state index in [2.05, 4.69) is 19.9 Å². The van der Waals surface area contributed by atoms with Crippen LogP contribution in [0.3, 0.4) is 0 Å². The number of H-pyrrole nitrogens is 1. The minimum atomic E-state index is -0.250. The first-order chi connectivity index (χ1) is 9.65. The van der Waals surface area contributed by atoms with Crippen molar-refractivity contribution in [1.29, 1.82) is 0 Å². The number of rotatable bonds is 3. The molecule has 0 amide bonds. The zero-order valence-corrected chi connectivity index (χ0v) is 11.4. The molecule has 0 saturated carbocycles. The summed E-state index contributed by atoms with van der Waals surface area (Å²) >= 11 is 5.88. The summed E-state index contributed by atoms with van der Waals surface area (Å²) < 4.78 is 13.7. The van der Waals surface area contributed by atoms with E-state index in [0.717, 1.165) is 0 Å². The summed E-state index contributed by atoms with van der Waals surface area (Å²) in [5.74, 6) is 0.334. The normalized spacial score (nSPS) is 10.9. The van der Waals surface area contributed by atoms with Gasteiger partial charge in [-0.15, -0.1) is 0 Å². The van der Waals surface area contributed by atoms with Crippen molar-refractivity contribution in [3.8, 4) is 0 Å². The van der Waals surface area contributed by atoms with Gasteiger partial charge in [-0.05, 0) is 17.7 Å². The number of benzene rings is 1. The molecule has 0 radical (unpaired) electrons. The van der Waals surface area contributed by atoms with Gasteiger partial charge in [-0.3, -0.25) is 0 Å². The third-order valence-corrected chi connectivity index (χ3v) is 3.14. The topological polar surface area (TPSA) is 57.7 Å². The Morgan fingerprint density at radius 3 is 2.90 bits per heavy atom. The summed E-state index contributed by atoms with van der Waals surface area (Å²) in [5.41, 5.74) is 1.74. The molecular weight excluding hydrogens is 281 g/mol. The number of aromatic amines is 1. The van der Waals surface area contributed by atoms with E-state index < -0.39 is 0 Å². The van der Waals surface area contributed by atoms with Crippen molar-refractivity contribution in [1.82, 2.24) is 19.9 Å². The predicted octanol–water partition coefficient (Wildman–Crippen LogP) is 2.78. The second kappa shape index (κ2) is 5.05. The van der Waals surface area contributed by atoms with E-state index in [1.54, 1.807) is 23.1 Å². The summed E-state index contributed by atoms with van der Waals surface area (Å²) in [4.78, 5) is 17.0. The molecule has 0 spiro atoms. The Balaban J connectivity index is 1.98. The Hall–Kier alpha value is -2.21. The van der Waals surface area contributed by atoms with Gasteiger partial charge in [0.15, 0.2) is 11.5 Å². The highest BCUT2D eigenvalue weighted by Gasteiger charge is 2.14. The lowest BCUT2D eigenvalue weighted by Gasteiger charge is -2.19. The van der Waals surface area contributed by atoms with Crippen molar-refractivity contribution in [2.24, 2.45) is 0 Å². The molecule has 0 saturated heterocycles. The third-order valence-electron chi connectivity index (χ3n) is 2.97. The van der Waals surface area contributed by atoms with Crippen LogP contribution in [-0.4, -0.2) is 27.0 Å². The van der Waals surface area contributed by atoms with Crippen LogP contribution in [0, 0.1) is 5.82 Å². The van der Waals surface area contributed by atoms with E-state index in [1.165, 1.54) is 12.4 Å². The van der Waals surface area contributed by atoms with Gasteiger partial charge in [0.05, 0.1) is 6.33 Å². The molecule has 0 bridgehead atoms. The molecule has 3 rings (SSSR count). The number of anilines is 1. The molecule has 0 unspecified atom stereocenters. The maximum atomic E-state index is 13.7. The van der Waals surface area contributed by atoms with Gasteiger partial charge in [0.2, 0.25) is 5.28 Å². The molecule has 1 N–H and O–H groups in total. The zero-order valence-electron chi connectivity index (χ0n) is 10.6. The highest BCUT2D eigenvalue weighted by Crippen LogP contribution is 2.23. The highest BCUT2D eigenvalue weighted by atomic mass is 35.5. The van der Waals surface area contributed by atoms with Gasteiger partial charge >= 0.3 is 0 Å². The zero-order chi connectivity index (χ0) is 14.1. The highest BCUT2D eigenvalue weighted by molar-refractivity contribution is 6.28. The second-order valence-corrected chi connectivity index (χ2v) is 4.70. The first-order valence-electron chi connectivity index (χ1n) is 5.96. The molecule has 102 valence electrons. The van der Waals surface area contributed by atoms with Crippen molar-refractivity contribution < 1.29 is 4.39 Å². The van der Waals surface area contributed by atoms with E-state index in [-0.39, 0.29) is 11.1 Å². The van der Waals surface area contributed by atoms with Gasteiger partial charge < -0.3 is 9.88 Å². The number of halogens is 2. The van der Waals surface area contributed by atoms with E-state index in [9.17, 15) is 4.39 Å². The molecule has 2 heterocycles. The molecular formula is C13H11ClFN5. The Morgan fingerprint density at radius 1 is 1.30 bits per heavy atom. The van der Waals surface area contributed by atoms with Crippen LogP contribution in [0.4, 0.5) is 10.2 Å². The average Bonchev–Trinajstić information content (AvgIpc) is 2.88. The van der Waals surface area contributed by atoms with E-state index in [1.807, 2.05) is 7.05 Å². The van der Waals surface area contributed by atoms with Gasteiger partial charge in [0.1, 0.15) is 11.3 Å². The number of hydrogen-bond donors (Lipinski definition) is 1. The van der Waals surface area contributed by atoms with Crippen molar-refractivity contribution in [2.45, 2.75) is 6.54 Å². The molecule has 7 heteroatoms. The Morgan fingerprint density at radius 2 is 2.10 bits per heavy atom. The minimum Gasteiger partial charge on any atom is -0.353 e. The lowest BCUT2D eigenvalue weighted by Crippen LogP contribution is -2.19. The molecule has 20 heavy (non-hydrogen) atoms. The van der Waals surface area contributed by atoms with Crippen molar-refractivity contribution >= 4 is 28.6 Å². The molecule has 0 fully saturated rings. The summed E-state index contributed by atoms with van der Waals surface area (Å²) in [6, 6.07) is 6.62. The van der Waals surface area contributed by atoms with Crippen LogP contribution in [-0.2, 0) is 6.54 Å². The summed E-state index contributed by atoms with van der Waals surface area (Å²) in [6.07, 6.45) is 1.52. The standard InChI is InChI=1S/C13H11ClFN5/c1-20(6-8-4-2-3-5-9(8)15)12-10-11(17-7-16-10)18-13(14)19-12/h2-5,7H,6H2,1H3,(H,16,17,18,19). The summed E-state index contributed by atoms with van der Waals surface area (Å²) in [5, 5.41) is 0.111. The smallest absolute Gasteiger partial charge is 0.226 e. The number of nitrogens with one attached hydrogen (secondary N) is 1. The van der Waals surface area contributed by atoms with Crippen LogP contribution in [0.2, 0.25) is 5.28 Å². The minimum absolute atomic E-state index is 0.111. The monoisotopic (exact) mass is 291 g/mol. The van der Waals surface area contributed by atoms with E-state index in [4.69, 9.17) is 11.6 Å². The van der Waals surface area contributed by atoms with Crippen molar-refractivity contribution in [3.63, 3.8) is 0 Å². The quantitative estimate of drug-likeness (QED) is 0.754. The maximum Gasteiger partial charge on any atom is 0.226 e. The van der Waals surface area contributed by atoms with Gasteiger partial charge in [0.25, 0.3) is 0 Å². The van der Waals surface area contributed by atoms with Crippen LogP contribution in [0.5, 0.6) is 0 Å². The lowest BCUT2D eigenvalue weighted by molar-refractivity contribution is 0.607. The van der Waals surface area contributed by atoms with Crippen molar-refractivity contribution in [2.75, 3.05) is 11.9 Å². The van der Waals surface area contributed by atoms with Gasteiger partial charge in [0, 0.05) is 19.2 Å². The first-order valence-corrected chi connectivity index (χ1v) is 6.34. The van der Waals surface area contributed by atoms with Crippen LogP contribution >= 0.6 is 11.6 Å². The molecule has 0 atom stereocenters. The number of nitrogens with zero attached hydrogens (tertiary/aromatic N) is 4. The fourth-order valence-electron chi connectivity index (χ4n) is 2.03. The number of fused-ring (bicyclic) bond motifs is 1. The summed E-state index contributed by atoms with van der Waals surface area (Å²) in [7, 11) is 1.81. The van der Waals surface area contributed by atoms with Gasteiger partial charge in [-0.2, -0.15) is 9.97 Å². The fourth-order valence-corrected chi connectivity index (χ4v) is 2.19. The maximum absolute atomic E-state index is 13.7. The Labute approximate surface area is 119 Å². The molecule has 0 aliphatic heterocycles. The number of aromatic nitrogens is 4. The first kappa shape index (κ1) is 12.8. The molecule has 0 aliphatic rings. The lowest BCUT2D eigenvalue weighted by atomic mass is 10.2. The van der Waals surface area contributed by atoms with E-state index >= 15 is 0 Å². The second-order valence-electron chi connectivity index (χ2n) is 4.36. The van der Waals surface area contributed by atoms with Crippen LogP contribution in [0.1, 0.15) is 5.56 Å². The van der Waals surface area contributed by atoms with Crippen LogP contribution in [0.25, 0.3) is 11.2 Å². The third kappa shape index (κ3) is 2.30. The number of hydrogen-bond acceptors (Lipinski definition) is 4. The van der Waals surface area contributed by atoms with Crippen LogP contribution < -0.4 is 4.90 Å². The van der Waals surface area contributed by atoms with E-state index in [0.29, 0.717) is 29.1 Å². The molecule has 0 aliphatic carbocycles. The molecule has 2 aromatic heterocycles. The Kier molecular flexibility index (Phi) is 3.23. The largest absolute Gasteiger partial charge is 0.353 e. The van der Waals surface area contributed by atoms with Crippen molar-refractivity contribution in [3.05, 3.63) is 47.3 Å². The SMILES string of the molecule is CN(Cc1ccccc1F)c1nc(Cl)nc2nc[nH]c12. The summed E-state index contributed by atoms with van der Waals surface area (Å²) in [6.45, 7) is 0.369. The van der Waals surface area contributed by atoms with Crippen LogP contribution in [0.15, 0.2) is 30.6 Å². The molecule has 1 aromatic carbocycles. The van der Waals surface area contributed by atoms with Gasteiger partial charge in [-0.25, -0.2) is 9.37 Å².